The lowest BCUT2D eigenvalue weighted by atomic mass is 10.1. The second-order valence-electron chi connectivity index (χ2n) is 5.44. The highest BCUT2D eigenvalue weighted by atomic mass is 16.7. The Morgan fingerprint density at radius 1 is 1.13 bits per heavy atom. The Kier molecular flexibility index (Phi) is 4.37. The molecule has 0 bridgehead atoms. The van der Waals surface area contributed by atoms with Gasteiger partial charge in [0.2, 0.25) is 6.79 Å². The van der Waals surface area contributed by atoms with E-state index in [2.05, 4.69) is 5.32 Å². The average molecular weight is 313 g/mol. The van der Waals surface area contributed by atoms with Crippen molar-refractivity contribution >= 4 is 5.91 Å². The number of carbonyl (C=O) groups excluding carboxylic acids is 1. The minimum absolute atomic E-state index is 0.159. The van der Waals surface area contributed by atoms with Crippen LogP contribution in [0.3, 0.4) is 0 Å². The van der Waals surface area contributed by atoms with Crippen molar-refractivity contribution in [1.82, 2.24) is 5.32 Å². The first-order chi connectivity index (χ1) is 11.1. The zero-order chi connectivity index (χ0) is 16.2. The van der Waals surface area contributed by atoms with E-state index < -0.39 is 0 Å². The van der Waals surface area contributed by atoms with Crippen LogP contribution in [0.5, 0.6) is 17.2 Å². The first-order valence-electron chi connectivity index (χ1n) is 7.51. The molecule has 3 rings (SSSR count). The van der Waals surface area contributed by atoms with Gasteiger partial charge in [-0.25, -0.2) is 0 Å². The number of rotatable bonds is 5. The molecule has 120 valence electrons. The van der Waals surface area contributed by atoms with Crippen molar-refractivity contribution in [2.75, 3.05) is 19.9 Å². The van der Waals surface area contributed by atoms with Gasteiger partial charge in [0.15, 0.2) is 11.5 Å². The molecular formula is C18H19NO4. The highest BCUT2D eigenvalue weighted by Gasteiger charge is 2.15. The van der Waals surface area contributed by atoms with E-state index in [0.29, 0.717) is 30.2 Å². The zero-order valence-electron chi connectivity index (χ0n) is 13.2. The molecule has 0 fully saturated rings. The van der Waals surface area contributed by atoms with Gasteiger partial charge in [-0.3, -0.25) is 4.79 Å². The lowest BCUT2D eigenvalue weighted by Crippen LogP contribution is -2.28. The minimum Gasteiger partial charge on any atom is -0.491 e. The van der Waals surface area contributed by atoms with E-state index in [1.54, 1.807) is 18.2 Å². The van der Waals surface area contributed by atoms with Crippen LogP contribution < -0.4 is 19.5 Å². The van der Waals surface area contributed by atoms with Crippen LogP contribution in [-0.4, -0.2) is 25.9 Å². The van der Waals surface area contributed by atoms with Gasteiger partial charge in [0.1, 0.15) is 12.4 Å². The van der Waals surface area contributed by atoms with Gasteiger partial charge in [-0.1, -0.05) is 12.1 Å². The molecule has 1 N–H and O–H groups in total. The molecule has 0 spiro atoms. The molecule has 1 aliphatic rings. The molecule has 23 heavy (non-hydrogen) atoms. The van der Waals surface area contributed by atoms with E-state index in [1.807, 2.05) is 32.0 Å². The summed E-state index contributed by atoms with van der Waals surface area (Å²) < 4.78 is 16.2. The molecule has 1 amide bonds. The van der Waals surface area contributed by atoms with Gasteiger partial charge in [-0.15, -0.1) is 0 Å². The topological polar surface area (TPSA) is 56.8 Å². The summed E-state index contributed by atoms with van der Waals surface area (Å²) in [6.07, 6.45) is 0. The van der Waals surface area contributed by atoms with Gasteiger partial charge < -0.3 is 19.5 Å². The normalized spacial score (nSPS) is 12.1. The van der Waals surface area contributed by atoms with Gasteiger partial charge in [0, 0.05) is 5.56 Å². The van der Waals surface area contributed by atoms with Gasteiger partial charge in [-0.05, 0) is 49.2 Å². The minimum atomic E-state index is -0.159. The summed E-state index contributed by atoms with van der Waals surface area (Å²) in [5.74, 6) is 1.96. The number of hydrogen-bond acceptors (Lipinski definition) is 4. The Bertz CT molecular complexity index is 727. The zero-order valence-corrected chi connectivity index (χ0v) is 13.2. The lowest BCUT2D eigenvalue weighted by molar-refractivity contribution is 0.0946. The van der Waals surface area contributed by atoms with Crippen molar-refractivity contribution in [2.24, 2.45) is 0 Å². The number of carbonyl (C=O) groups is 1. The predicted molar refractivity (Wildman–Crippen MR) is 86.3 cm³/mol. The van der Waals surface area contributed by atoms with Crippen LogP contribution in [0.15, 0.2) is 36.4 Å². The second-order valence-corrected chi connectivity index (χ2v) is 5.44. The van der Waals surface area contributed by atoms with Crippen LogP contribution in [0.1, 0.15) is 21.5 Å². The summed E-state index contributed by atoms with van der Waals surface area (Å²) in [4.78, 5) is 12.1. The molecule has 2 aromatic rings. The fourth-order valence-corrected chi connectivity index (χ4v) is 2.33. The summed E-state index contributed by atoms with van der Waals surface area (Å²) in [5.41, 5.74) is 2.77. The van der Waals surface area contributed by atoms with Gasteiger partial charge in [0.25, 0.3) is 5.91 Å². The number of amides is 1. The Morgan fingerprint density at radius 2 is 1.96 bits per heavy atom. The summed E-state index contributed by atoms with van der Waals surface area (Å²) in [5, 5.41) is 2.83. The molecule has 5 nitrogen and oxygen atoms in total. The van der Waals surface area contributed by atoms with Crippen LogP contribution in [-0.2, 0) is 0 Å². The third kappa shape index (κ3) is 3.56. The number of ether oxygens (including phenoxy) is 3. The molecule has 0 saturated heterocycles. The smallest absolute Gasteiger partial charge is 0.251 e. The number of benzene rings is 2. The third-order valence-electron chi connectivity index (χ3n) is 3.62. The quantitative estimate of drug-likeness (QED) is 0.862. The van der Waals surface area contributed by atoms with Crippen LogP contribution >= 0.6 is 0 Å². The van der Waals surface area contributed by atoms with Crippen LogP contribution in [0, 0.1) is 13.8 Å². The SMILES string of the molecule is Cc1ccc(C)c(OCCNC(=O)c2ccc3c(c2)OCO3)c1. The number of aryl methyl sites for hydroxylation is 2. The Balaban J connectivity index is 1.50. The molecule has 0 unspecified atom stereocenters. The van der Waals surface area contributed by atoms with Gasteiger partial charge in [0.05, 0.1) is 6.54 Å². The molecule has 1 heterocycles. The fraction of sp³-hybridized carbons (Fsp3) is 0.278. The third-order valence-corrected chi connectivity index (χ3v) is 3.62. The van der Waals surface area contributed by atoms with Crippen molar-refractivity contribution < 1.29 is 19.0 Å². The van der Waals surface area contributed by atoms with Gasteiger partial charge >= 0.3 is 0 Å². The molecule has 0 atom stereocenters. The van der Waals surface area contributed by atoms with E-state index in [-0.39, 0.29) is 12.7 Å². The van der Waals surface area contributed by atoms with Gasteiger partial charge in [-0.2, -0.15) is 0 Å². The summed E-state index contributed by atoms with van der Waals surface area (Å²) >= 11 is 0. The van der Waals surface area contributed by atoms with Crippen LogP contribution in [0.4, 0.5) is 0 Å². The maximum Gasteiger partial charge on any atom is 0.251 e. The standard InChI is InChI=1S/C18H19NO4/c1-12-3-4-13(2)16(9-12)21-8-7-19-18(20)14-5-6-15-17(10-14)23-11-22-15/h3-6,9-10H,7-8,11H2,1-2H3,(H,19,20). The largest absolute Gasteiger partial charge is 0.491 e. The van der Waals surface area contributed by atoms with E-state index in [4.69, 9.17) is 14.2 Å². The van der Waals surface area contributed by atoms with E-state index in [0.717, 1.165) is 16.9 Å². The average Bonchev–Trinajstić information content (AvgIpc) is 3.02. The van der Waals surface area contributed by atoms with Crippen LogP contribution in [0.2, 0.25) is 0 Å². The highest BCUT2D eigenvalue weighted by molar-refractivity contribution is 5.94. The lowest BCUT2D eigenvalue weighted by Gasteiger charge is -2.11. The monoisotopic (exact) mass is 313 g/mol. The van der Waals surface area contributed by atoms with Crippen molar-refractivity contribution in [3.63, 3.8) is 0 Å². The van der Waals surface area contributed by atoms with E-state index in [9.17, 15) is 4.79 Å². The molecule has 0 aromatic heterocycles. The highest BCUT2D eigenvalue weighted by Crippen LogP contribution is 2.32. The first kappa shape index (κ1) is 15.2. The molecule has 1 aliphatic heterocycles. The fourth-order valence-electron chi connectivity index (χ4n) is 2.33. The second kappa shape index (κ2) is 6.60. The molecule has 0 aliphatic carbocycles. The first-order valence-corrected chi connectivity index (χ1v) is 7.51. The van der Waals surface area contributed by atoms with E-state index >= 15 is 0 Å². The maximum atomic E-state index is 12.1. The Labute approximate surface area is 135 Å². The van der Waals surface area contributed by atoms with Crippen molar-refractivity contribution in [2.45, 2.75) is 13.8 Å². The molecule has 5 heteroatoms. The summed E-state index contributed by atoms with van der Waals surface area (Å²) in [7, 11) is 0. The summed E-state index contributed by atoms with van der Waals surface area (Å²) in [6, 6.07) is 11.2. The maximum absolute atomic E-state index is 12.1. The molecule has 0 radical (unpaired) electrons. The summed E-state index contributed by atoms with van der Waals surface area (Å²) in [6.45, 7) is 5.07. The van der Waals surface area contributed by atoms with Crippen molar-refractivity contribution in [3.8, 4) is 17.2 Å². The molecule has 2 aromatic carbocycles. The van der Waals surface area contributed by atoms with Crippen molar-refractivity contribution in [3.05, 3.63) is 53.1 Å². The van der Waals surface area contributed by atoms with Crippen LogP contribution in [0.25, 0.3) is 0 Å². The number of nitrogens with one attached hydrogen (secondary N) is 1. The van der Waals surface area contributed by atoms with E-state index in [1.165, 1.54) is 0 Å². The predicted octanol–water partition coefficient (Wildman–Crippen LogP) is 2.84. The Morgan fingerprint density at radius 3 is 2.83 bits per heavy atom. The number of fused-ring (bicyclic) bond motifs is 1. The molecule has 0 saturated carbocycles. The molecular weight excluding hydrogens is 294 g/mol. The Hall–Kier alpha value is -2.69. The number of hydrogen-bond donors (Lipinski definition) is 1. The van der Waals surface area contributed by atoms with Crippen molar-refractivity contribution in [1.29, 1.82) is 0 Å².